The molecule has 1 aliphatic rings. The third-order valence-electron chi connectivity index (χ3n) is 4.19. The van der Waals surface area contributed by atoms with Gasteiger partial charge in [0.15, 0.2) is 6.61 Å². The third kappa shape index (κ3) is 5.01. The van der Waals surface area contributed by atoms with Crippen molar-refractivity contribution in [2.45, 2.75) is 45.3 Å². The topological polar surface area (TPSA) is 79.5 Å². The van der Waals surface area contributed by atoms with Crippen LogP contribution in [-0.2, 0) is 14.3 Å². The Morgan fingerprint density at radius 2 is 1.92 bits per heavy atom. The van der Waals surface area contributed by atoms with Gasteiger partial charge in [0, 0.05) is 12.1 Å². The van der Waals surface area contributed by atoms with Crippen LogP contribution in [0.15, 0.2) is 24.3 Å². The van der Waals surface area contributed by atoms with Gasteiger partial charge in [-0.15, -0.1) is 0 Å². The Morgan fingerprint density at radius 1 is 1.25 bits per heavy atom. The van der Waals surface area contributed by atoms with Crippen molar-refractivity contribution in [2.75, 3.05) is 6.61 Å². The third-order valence-corrected chi connectivity index (χ3v) is 4.19. The van der Waals surface area contributed by atoms with E-state index in [2.05, 4.69) is 16.2 Å². The summed E-state index contributed by atoms with van der Waals surface area (Å²) in [5.41, 5.74) is 6.71. The molecule has 1 amide bonds. The zero-order valence-electron chi connectivity index (χ0n) is 14.1. The molecule has 1 fully saturated rings. The highest BCUT2D eigenvalue weighted by Crippen LogP contribution is 2.22. The molecule has 0 bridgehead atoms. The van der Waals surface area contributed by atoms with Gasteiger partial charge >= 0.3 is 5.97 Å². The smallest absolute Gasteiger partial charge is 0.325 e. The molecular weight excluding hydrogens is 313 g/mol. The van der Waals surface area contributed by atoms with E-state index in [0.29, 0.717) is 12.3 Å². The molecule has 1 heterocycles. The number of hydrogen-bond acceptors (Lipinski definition) is 5. The molecule has 0 saturated carbocycles. The normalized spacial score (nSPS) is 21.5. The van der Waals surface area contributed by atoms with E-state index >= 15 is 0 Å². The van der Waals surface area contributed by atoms with Crippen molar-refractivity contribution in [3.63, 3.8) is 0 Å². The van der Waals surface area contributed by atoms with Crippen molar-refractivity contribution in [3.8, 4) is 0 Å². The molecule has 0 aliphatic carbocycles. The summed E-state index contributed by atoms with van der Waals surface area (Å²) < 4.78 is 18.0. The first-order chi connectivity index (χ1) is 11.4. The Balaban J connectivity index is 1.78. The number of esters is 1. The lowest BCUT2D eigenvalue weighted by atomic mass is 10.0. The van der Waals surface area contributed by atoms with E-state index in [0.717, 1.165) is 5.56 Å². The molecular formula is C17H24FN3O3. The zero-order valence-corrected chi connectivity index (χ0v) is 14.1. The minimum absolute atomic E-state index is 0.0188. The molecule has 3 atom stereocenters. The molecule has 1 saturated heterocycles. The minimum atomic E-state index is -0.546. The summed E-state index contributed by atoms with van der Waals surface area (Å²) in [6, 6.07) is 5.46. The predicted molar refractivity (Wildman–Crippen MR) is 87.2 cm³/mol. The molecule has 6 nitrogen and oxygen atoms in total. The van der Waals surface area contributed by atoms with Crippen molar-refractivity contribution < 1.29 is 18.7 Å². The Kier molecular flexibility index (Phi) is 6.28. The van der Waals surface area contributed by atoms with Gasteiger partial charge in [0.25, 0.3) is 5.91 Å². The summed E-state index contributed by atoms with van der Waals surface area (Å²) in [6.45, 7) is 5.61. The van der Waals surface area contributed by atoms with Gasteiger partial charge in [0.2, 0.25) is 0 Å². The number of rotatable bonds is 6. The molecule has 2 rings (SSSR count). The number of carbonyl (C=O) groups is 2. The Morgan fingerprint density at radius 3 is 2.54 bits per heavy atom. The van der Waals surface area contributed by atoms with Gasteiger partial charge in [-0.1, -0.05) is 26.0 Å². The fraction of sp³-hybridized carbons (Fsp3) is 0.529. The van der Waals surface area contributed by atoms with E-state index in [1.807, 2.05) is 20.8 Å². The maximum atomic E-state index is 12.9. The largest absolute Gasteiger partial charge is 0.454 e. The molecule has 0 radical (unpaired) electrons. The van der Waals surface area contributed by atoms with E-state index in [1.54, 1.807) is 12.1 Å². The molecule has 1 aromatic rings. The first-order valence-corrected chi connectivity index (χ1v) is 8.09. The zero-order chi connectivity index (χ0) is 17.7. The summed E-state index contributed by atoms with van der Waals surface area (Å²) in [7, 11) is 0. The maximum Gasteiger partial charge on any atom is 0.325 e. The van der Waals surface area contributed by atoms with Crippen molar-refractivity contribution in [1.29, 1.82) is 0 Å². The van der Waals surface area contributed by atoms with Crippen molar-refractivity contribution in [2.24, 2.45) is 5.92 Å². The molecule has 0 spiro atoms. The first-order valence-electron chi connectivity index (χ1n) is 8.09. The van der Waals surface area contributed by atoms with E-state index < -0.39 is 12.0 Å². The first kappa shape index (κ1) is 18.4. The molecule has 1 aliphatic heterocycles. The number of hydrogen-bond donors (Lipinski definition) is 3. The summed E-state index contributed by atoms with van der Waals surface area (Å²) in [4.78, 5) is 23.8. The summed E-state index contributed by atoms with van der Waals surface area (Å²) >= 11 is 0. The van der Waals surface area contributed by atoms with Crippen LogP contribution in [-0.4, -0.2) is 30.6 Å². The van der Waals surface area contributed by atoms with E-state index in [9.17, 15) is 14.0 Å². The summed E-state index contributed by atoms with van der Waals surface area (Å²) in [5.74, 6) is -0.797. The SMILES string of the molecule is CC(C)C(C)NC(=O)COC(=O)C1CC(c2ccc(F)cc2)NN1. The number of nitrogens with one attached hydrogen (secondary N) is 3. The summed E-state index contributed by atoms with van der Waals surface area (Å²) in [6.07, 6.45) is 0.467. The quantitative estimate of drug-likeness (QED) is 0.685. The maximum absolute atomic E-state index is 12.9. The molecule has 132 valence electrons. The van der Waals surface area contributed by atoms with Gasteiger partial charge in [-0.2, -0.15) is 0 Å². The second-order valence-corrected chi connectivity index (χ2v) is 6.39. The number of ether oxygens (including phenoxy) is 1. The predicted octanol–water partition coefficient (Wildman–Crippen LogP) is 1.44. The number of hydrazine groups is 1. The van der Waals surface area contributed by atoms with Crippen molar-refractivity contribution in [1.82, 2.24) is 16.2 Å². The van der Waals surface area contributed by atoms with Crippen LogP contribution in [0.4, 0.5) is 4.39 Å². The fourth-order valence-electron chi connectivity index (χ4n) is 2.32. The lowest BCUT2D eigenvalue weighted by Crippen LogP contribution is -2.41. The highest BCUT2D eigenvalue weighted by atomic mass is 19.1. The number of carbonyl (C=O) groups excluding carboxylic acids is 2. The standard InChI is InChI=1S/C17H24FN3O3/c1-10(2)11(3)19-16(22)9-24-17(23)15-8-14(20-21-15)12-4-6-13(18)7-5-12/h4-7,10-11,14-15,20-21H,8-9H2,1-3H3,(H,19,22). The van der Waals surface area contributed by atoms with Crippen LogP contribution in [0.25, 0.3) is 0 Å². The van der Waals surface area contributed by atoms with Crippen LogP contribution >= 0.6 is 0 Å². The van der Waals surface area contributed by atoms with Crippen LogP contribution in [0.1, 0.15) is 38.8 Å². The van der Waals surface area contributed by atoms with Crippen LogP contribution in [0.2, 0.25) is 0 Å². The van der Waals surface area contributed by atoms with Crippen molar-refractivity contribution >= 4 is 11.9 Å². The summed E-state index contributed by atoms with van der Waals surface area (Å²) in [5, 5.41) is 2.78. The minimum Gasteiger partial charge on any atom is -0.454 e. The van der Waals surface area contributed by atoms with E-state index in [-0.39, 0.29) is 30.4 Å². The lowest BCUT2D eigenvalue weighted by Gasteiger charge is -2.17. The molecule has 7 heteroatoms. The monoisotopic (exact) mass is 337 g/mol. The second-order valence-electron chi connectivity index (χ2n) is 6.39. The Labute approximate surface area is 141 Å². The van der Waals surface area contributed by atoms with E-state index in [4.69, 9.17) is 4.74 Å². The van der Waals surface area contributed by atoms with Gasteiger partial charge in [-0.25, -0.2) is 15.2 Å². The Bertz CT molecular complexity index is 577. The highest BCUT2D eigenvalue weighted by Gasteiger charge is 2.31. The van der Waals surface area contributed by atoms with Crippen molar-refractivity contribution in [3.05, 3.63) is 35.6 Å². The highest BCUT2D eigenvalue weighted by molar-refractivity contribution is 5.82. The Hall–Kier alpha value is -1.99. The molecule has 3 unspecified atom stereocenters. The molecule has 3 N–H and O–H groups in total. The molecule has 24 heavy (non-hydrogen) atoms. The van der Waals surface area contributed by atoms with Gasteiger partial charge in [0.1, 0.15) is 11.9 Å². The van der Waals surface area contributed by atoms with Gasteiger partial charge in [-0.05, 0) is 37.0 Å². The average Bonchev–Trinajstić information content (AvgIpc) is 3.03. The van der Waals surface area contributed by atoms with Gasteiger partial charge in [0.05, 0.1) is 0 Å². The van der Waals surface area contributed by atoms with Crippen LogP contribution in [0, 0.1) is 11.7 Å². The average molecular weight is 337 g/mol. The van der Waals surface area contributed by atoms with Gasteiger partial charge in [-0.3, -0.25) is 9.59 Å². The fourth-order valence-corrected chi connectivity index (χ4v) is 2.32. The second kappa shape index (κ2) is 8.21. The number of benzene rings is 1. The van der Waals surface area contributed by atoms with E-state index in [1.165, 1.54) is 12.1 Å². The molecule has 1 aromatic carbocycles. The van der Waals surface area contributed by atoms with Crippen LogP contribution in [0.3, 0.4) is 0 Å². The van der Waals surface area contributed by atoms with Gasteiger partial charge < -0.3 is 10.1 Å². The van der Waals surface area contributed by atoms with Crippen LogP contribution < -0.4 is 16.2 Å². The lowest BCUT2D eigenvalue weighted by molar-refractivity contribution is -0.150. The van der Waals surface area contributed by atoms with Crippen LogP contribution in [0.5, 0.6) is 0 Å². The number of amides is 1. The number of halogens is 1. The molecule has 0 aromatic heterocycles.